The molecular formula is C51H89N13O15. The Morgan fingerprint density at radius 2 is 0.899 bits per heavy atom. The number of aliphatic hydroxyl groups is 2. The number of carboxylic acids is 2. The number of imidazole rings is 1. The molecule has 18 N–H and O–H groups in total. The summed E-state index contributed by atoms with van der Waals surface area (Å²) in [6.45, 7) is 16.1. The number of hydrogen-bond donors (Lipinski definition) is 16. The molecule has 0 saturated carbocycles. The second kappa shape index (κ2) is 35.7. The number of amides is 9. The largest absolute Gasteiger partial charge is 0.481 e. The average molecular weight is 1120 g/mol. The molecule has 0 saturated heterocycles. The van der Waals surface area contributed by atoms with Crippen molar-refractivity contribution < 1.29 is 73.2 Å². The molecule has 0 aliphatic rings. The molecular weight excluding hydrogens is 1030 g/mol. The van der Waals surface area contributed by atoms with Crippen molar-refractivity contribution in [2.24, 2.45) is 35.1 Å². The predicted octanol–water partition coefficient (Wildman–Crippen LogP) is -2.70. The van der Waals surface area contributed by atoms with Crippen LogP contribution in [0.25, 0.3) is 0 Å². The first kappa shape index (κ1) is 70.2. The van der Waals surface area contributed by atoms with Crippen molar-refractivity contribution in [1.29, 1.82) is 0 Å². The fourth-order valence-corrected chi connectivity index (χ4v) is 7.98. The third kappa shape index (κ3) is 27.1. The van der Waals surface area contributed by atoms with Gasteiger partial charge in [-0.05, 0) is 95.4 Å². The topological polar surface area (TPSA) is 458 Å². The van der Waals surface area contributed by atoms with Gasteiger partial charge in [-0.1, -0.05) is 55.4 Å². The van der Waals surface area contributed by atoms with Gasteiger partial charge in [-0.2, -0.15) is 0 Å². The van der Waals surface area contributed by atoms with E-state index >= 15 is 0 Å². The number of aromatic nitrogens is 2. The van der Waals surface area contributed by atoms with E-state index in [0.29, 0.717) is 18.5 Å². The number of H-pyrrole nitrogens is 1. The first-order chi connectivity index (χ1) is 36.9. The summed E-state index contributed by atoms with van der Waals surface area (Å²) in [5, 5.41) is 61.1. The number of nitrogens with zero attached hydrogens (tertiary/aromatic N) is 1. The van der Waals surface area contributed by atoms with Gasteiger partial charge in [0.15, 0.2) is 6.04 Å². The van der Waals surface area contributed by atoms with E-state index in [4.69, 9.17) is 11.5 Å². The summed E-state index contributed by atoms with van der Waals surface area (Å²) >= 11 is 0. The molecule has 11 atom stereocenters. The number of rotatable bonds is 38. The van der Waals surface area contributed by atoms with E-state index in [2.05, 4.69) is 57.8 Å². The van der Waals surface area contributed by atoms with Gasteiger partial charge >= 0.3 is 11.9 Å². The van der Waals surface area contributed by atoms with E-state index in [1.165, 1.54) is 19.4 Å². The van der Waals surface area contributed by atoms with Gasteiger partial charge in [0.2, 0.25) is 53.2 Å². The van der Waals surface area contributed by atoms with E-state index in [1.54, 1.807) is 55.4 Å². The Labute approximate surface area is 461 Å². The Balaban J connectivity index is 3.58. The molecule has 1 aromatic heterocycles. The summed E-state index contributed by atoms with van der Waals surface area (Å²) < 4.78 is 0. The molecule has 0 bridgehead atoms. The van der Waals surface area contributed by atoms with Gasteiger partial charge in [0.05, 0.1) is 19.0 Å². The van der Waals surface area contributed by atoms with Gasteiger partial charge in [-0.3, -0.25) is 47.9 Å². The molecule has 0 aromatic carbocycles. The smallest absolute Gasteiger partial charge is 0.328 e. The zero-order chi connectivity index (χ0) is 60.3. The quantitative estimate of drug-likeness (QED) is 0.0300. The molecule has 1 rings (SSSR count). The Morgan fingerprint density at radius 1 is 0.519 bits per heavy atom. The number of nitrogens with one attached hydrogen (secondary N) is 10. The number of aliphatic hydroxyl groups excluding tert-OH is 2. The molecule has 448 valence electrons. The van der Waals surface area contributed by atoms with Crippen LogP contribution in [0, 0.1) is 23.7 Å². The molecule has 0 unspecified atom stereocenters. The van der Waals surface area contributed by atoms with Crippen LogP contribution in [0.15, 0.2) is 12.5 Å². The van der Waals surface area contributed by atoms with E-state index in [0.717, 1.165) is 6.92 Å². The average Bonchev–Trinajstić information content (AvgIpc) is 3.87. The highest BCUT2D eigenvalue weighted by Crippen LogP contribution is 2.14. The lowest BCUT2D eigenvalue weighted by atomic mass is 9.99. The SMILES string of the molecule is CC(C)C[C@H](NC(=O)[C@H](CCCCN)NC(=O)[C@H](Cc1cnc[nH]1)NC(=O)[C@H](CC(C)C)NC(=O)[C@H](CCC(=O)O)NC(=O)[C@H](CC(C)C)NC(=O)[C@H](CC(C)C)NC(=O)[C@@H](N)CO)C(=O)N[C@@H](C)C(=O)N[C@H](C(=O)O)[C@@H](C)O. The maximum absolute atomic E-state index is 14.4. The van der Waals surface area contributed by atoms with Crippen molar-refractivity contribution in [3.05, 3.63) is 18.2 Å². The van der Waals surface area contributed by atoms with Gasteiger partial charge in [0.25, 0.3) is 0 Å². The van der Waals surface area contributed by atoms with E-state index < -0.39 is 151 Å². The summed E-state index contributed by atoms with van der Waals surface area (Å²) in [6.07, 6.45) is 0.917. The van der Waals surface area contributed by atoms with Gasteiger partial charge in [0, 0.05) is 24.7 Å². The van der Waals surface area contributed by atoms with Crippen molar-refractivity contribution in [2.45, 2.75) is 200 Å². The van der Waals surface area contributed by atoms with Gasteiger partial charge < -0.3 is 84.7 Å². The zero-order valence-electron chi connectivity index (χ0n) is 47.2. The van der Waals surface area contributed by atoms with Crippen LogP contribution >= 0.6 is 0 Å². The molecule has 79 heavy (non-hydrogen) atoms. The highest BCUT2D eigenvalue weighted by molar-refractivity contribution is 5.98. The number of unbranched alkanes of at least 4 members (excludes halogenated alkanes) is 1. The van der Waals surface area contributed by atoms with Gasteiger partial charge in [-0.15, -0.1) is 0 Å². The van der Waals surface area contributed by atoms with Crippen molar-refractivity contribution in [1.82, 2.24) is 57.8 Å². The lowest BCUT2D eigenvalue weighted by Gasteiger charge is -2.29. The molecule has 28 heteroatoms. The Hall–Kier alpha value is -6.78. The van der Waals surface area contributed by atoms with Crippen LogP contribution in [-0.2, 0) is 59.2 Å². The Morgan fingerprint density at radius 3 is 1.27 bits per heavy atom. The molecule has 9 amide bonds. The van der Waals surface area contributed by atoms with Crippen LogP contribution in [0.4, 0.5) is 0 Å². The molecule has 0 fully saturated rings. The van der Waals surface area contributed by atoms with Crippen LogP contribution in [0.5, 0.6) is 0 Å². The van der Waals surface area contributed by atoms with Crippen LogP contribution in [0.1, 0.15) is 133 Å². The minimum Gasteiger partial charge on any atom is -0.481 e. The number of hydrogen-bond acceptors (Lipinski definition) is 16. The minimum atomic E-state index is -1.67. The third-order valence-electron chi connectivity index (χ3n) is 12.2. The van der Waals surface area contributed by atoms with Crippen molar-refractivity contribution in [3.8, 4) is 0 Å². The number of nitrogens with two attached hydrogens (primary N) is 2. The fourth-order valence-electron chi connectivity index (χ4n) is 7.98. The summed E-state index contributed by atoms with van der Waals surface area (Å²) in [7, 11) is 0. The van der Waals surface area contributed by atoms with Gasteiger partial charge in [-0.25, -0.2) is 9.78 Å². The second-order valence-corrected chi connectivity index (χ2v) is 21.5. The van der Waals surface area contributed by atoms with Crippen LogP contribution in [0.2, 0.25) is 0 Å². The summed E-state index contributed by atoms with van der Waals surface area (Å²) in [5.41, 5.74) is 11.8. The van der Waals surface area contributed by atoms with Crippen LogP contribution < -0.4 is 59.3 Å². The monoisotopic (exact) mass is 1120 g/mol. The van der Waals surface area contributed by atoms with Crippen LogP contribution in [0.3, 0.4) is 0 Å². The number of carbonyl (C=O) groups excluding carboxylic acids is 9. The predicted molar refractivity (Wildman–Crippen MR) is 287 cm³/mol. The van der Waals surface area contributed by atoms with Crippen LogP contribution in [-0.4, -0.2) is 175 Å². The molecule has 0 aliphatic carbocycles. The number of carbonyl (C=O) groups is 11. The summed E-state index contributed by atoms with van der Waals surface area (Å²) in [6, 6.07) is -13.8. The van der Waals surface area contributed by atoms with Crippen molar-refractivity contribution in [2.75, 3.05) is 13.2 Å². The van der Waals surface area contributed by atoms with Crippen molar-refractivity contribution in [3.63, 3.8) is 0 Å². The summed E-state index contributed by atoms with van der Waals surface area (Å²) in [4.78, 5) is 154. The van der Waals surface area contributed by atoms with E-state index in [1.807, 2.05) is 0 Å². The molecule has 0 radical (unpaired) electrons. The van der Waals surface area contributed by atoms with E-state index in [9.17, 15) is 73.2 Å². The normalized spacial score (nSPS) is 15.6. The highest BCUT2D eigenvalue weighted by atomic mass is 16.4. The molecule has 1 aromatic rings. The first-order valence-electron chi connectivity index (χ1n) is 26.8. The Bertz CT molecular complexity index is 2160. The fraction of sp³-hybridized carbons (Fsp3) is 0.725. The Kier molecular flexibility index (Phi) is 31.7. The highest BCUT2D eigenvalue weighted by Gasteiger charge is 2.36. The van der Waals surface area contributed by atoms with E-state index in [-0.39, 0.29) is 68.7 Å². The second-order valence-electron chi connectivity index (χ2n) is 21.5. The zero-order valence-corrected chi connectivity index (χ0v) is 47.2. The summed E-state index contributed by atoms with van der Waals surface area (Å²) in [5.74, 6) is -11.4. The third-order valence-corrected chi connectivity index (χ3v) is 12.2. The first-order valence-corrected chi connectivity index (χ1v) is 26.8. The molecule has 0 spiro atoms. The molecule has 0 aliphatic heterocycles. The maximum atomic E-state index is 14.4. The minimum absolute atomic E-state index is 0.00978. The van der Waals surface area contributed by atoms with Crippen molar-refractivity contribution >= 4 is 65.1 Å². The number of aromatic amines is 1. The maximum Gasteiger partial charge on any atom is 0.328 e. The van der Waals surface area contributed by atoms with Gasteiger partial charge in [0.1, 0.15) is 54.4 Å². The number of aliphatic carboxylic acids is 2. The standard InChI is InChI=1S/C51H89N13O15/c1-25(2)17-35(46(73)56-29(9)42(69)64-41(30(10)66)51(78)79)60-44(71)33(13-11-12-16-52)57-50(77)39(21-31-22-54-24-55-31)63-49(76)38(20-28(7)8)61-45(72)34(14-15-40(67)68)58-47(74)37(19-27(5)6)62-48(75)36(18-26(3)4)59-43(70)32(53)23-65/h22,24-30,32-39,41,65-66H,11-21,23,52-53H2,1-10H3,(H,54,55)(H,56,73)(H,57,77)(H,58,74)(H,59,70)(H,60,71)(H,61,72)(H,62,75)(H,63,76)(H,64,69)(H,67,68)(H,78,79)/t29-,30+,32-,33-,34-,35-,36-,37-,38-,39-,41-/m0/s1. The molecule has 1 heterocycles. The number of carboxylic acid groups (broad SMARTS) is 2. The lowest BCUT2D eigenvalue weighted by molar-refractivity contribution is -0.145. The lowest BCUT2D eigenvalue weighted by Crippen LogP contribution is -2.61. The molecule has 28 nitrogen and oxygen atoms in total.